The van der Waals surface area contributed by atoms with Crippen LogP contribution >= 0.6 is 11.5 Å². The molecule has 0 aliphatic heterocycles. The van der Waals surface area contributed by atoms with Crippen molar-refractivity contribution in [1.82, 2.24) is 9.36 Å². The molecule has 2 rings (SSSR count). The quantitative estimate of drug-likeness (QED) is 0.732. The summed E-state index contributed by atoms with van der Waals surface area (Å²) in [6.07, 6.45) is 1.80. The Balaban J connectivity index is 2.37. The van der Waals surface area contributed by atoms with E-state index in [1.165, 1.54) is 4.88 Å². The largest absolute Gasteiger partial charge is 0.255 e. The van der Waals surface area contributed by atoms with Gasteiger partial charge in [0.1, 0.15) is 5.69 Å². The molecule has 0 N–H and O–H groups in total. The van der Waals surface area contributed by atoms with Gasteiger partial charge in [-0.1, -0.05) is 26.8 Å². The maximum atomic E-state index is 4.43. The van der Waals surface area contributed by atoms with Crippen LogP contribution in [-0.4, -0.2) is 9.36 Å². The van der Waals surface area contributed by atoms with E-state index >= 15 is 0 Å². The van der Waals surface area contributed by atoms with Crippen molar-refractivity contribution in [2.24, 2.45) is 0 Å². The highest BCUT2D eigenvalue weighted by Gasteiger charge is 2.17. The van der Waals surface area contributed by atoms with E-state index < -0.39 is 0 Å². The van der Waals surface area contributed by atoms with Gasteiger partial charge >= 0.3 is 0 Å². The van der Waals surface area contributed by atoms with Crippen LogP contribution in [0.1, 0.15) is 25.6 Å². The highest BCUT2D eigenvalue weighted by Crippen LogP contribution is 2.29. The van der Waals surface area contributed by atoms with Crippen LogP contribution < -0.4 is 0 Å². The fourth-order valence-corrected chi connectivity index (χ4v) is 2.04. The fourth-order valence-electron chi connectivity index (χ4n) is 1.26. The molecule has 2 nitrogen and oxygen atoms in total. The standard InChI is InChI=1S/C12H14N2S/c1-12(2,3)11-8-10(14-15-11)9-6-4-5-7-13-9/h4-8H,1-3H3. The molecule has 2 aromatic heterocycles. The van der Waals surface area contributed by atoms with Crippen LogP contribution in [-0.2, 0) is 5.41 Å². The molecule has 0 aliphatic carbocycles. The minimum absolute atomic E-state index is 0.171. The molecule has 0 spiro atoms. The number of hydrogen-bond donors (Lipinski definition) is 0. The van der Waals surface area contributed by atoms with E-state index in [2.05, 4.69) is 36.2 Å². The first-order chi connectivity index (χ1) is 7.07. The Bertz CT molecular complexity index is 440. The van der Waals surface area contributed by atoms with E-state index in [9.17, 15) is 0 Å². The number of rotatable bonds is 1. The van der Waals surface area contributed by atoms with Crippen molar-refractivity contribution in [2.45, 2.75) is 26.2 Å². The molecule has 0 unspecified atom stereocenters. The Morgan fingerprint density at radius 2 is 1.93 bits per heavy atom. The third-order valence-electron chi connectivity index (χ3n) is 2.18. The molecule has 15 heavy (non-hydrogen) atoms. The molecule has 0 bridgehead atoms. The average molecular weight is 218 g/mol. The lowest BCUT2D eigenvalue weighted by atomic mass is 9.94. The molecule has 0 amide bonds. The van der Waals surface area contributed by atoms with E-state index in [1.54, 1.807) is 17.7 Å². The summed E-state index contributed by atoms with van der Waals surface area (Å²) in [5, 5.41) is 0. The van der Waals surface area contributed by atoms with Crippen LogP contribution in [0, 0.1) is 0 Å². The van der Waals surface area contributed by atoms with Gasteiger partial charge in [0.25, 0.3) is 0 Å². The fraction of sp³-hybridized carbons (Fsp3) is 0.333. The molecule has 2 aromatic rings. The van der Waals surface area contributed by atoms with E-state index in [0.717, 1.165) is 11.4 Å². The van der Waals surface area contributed by atoms with E-state index in [0.29, 0.717) is 0 Å². The van der Waals surface area contributed by atoms with Crippen LogP contribution in [0.2, 0.25) is 0 Å². The number of aromatic nitrogens is 2. The molecule has 0 aromatic carbocycles. The lowest BCUT2D eigenvalue weighted by Crippen LogP contribution is -2.07. The van der Waals surface area contributed by atoms with Gasteiger partial charge in [-0.15, -0.1) is 0 Å². The second-order valence-electron chi connectivity index (χ2n) is 4.54. The predicted octanol–water partition coefficient (Wildman–Crippen LogP) is 3.50. The number of pyridine rings is 1. The van der Waals surface area contributed by atoms with E-state index in [1.807, 2.05) is 18.2 Å². The third-order valence-corrected chi connectivity index (χ3v) is 3.39. The molecule has 0 atom stereocenters. The lowest BCUT2D eigenvalue weighted by molar-refractivity contribution is 0.604. The highest BCUT2D eigenvalue weighted by molar-refractivity contribution is 7.06. The normalized spacial score (nSPS) is 11.7. The lowest BCUT2D eigenvalue weighted by Gasteiger charge is -2.14. The van der Waals surface area contributed by atoms with Gasteiger partial charge in [0.05, 0.1) is 5.69 Å². The van der Waals surface area contributed by atoms with Crippen LogP contribution in [0.25, 0.3) is 11.4 Å². The Morgan fingerprint density at radius 1 is 1.13 bits per heavy atom. The molecular weight excluding hydrogens is 204 g/mol. The Kier molecular flexibility index (Phi) is 2.57. The smallest absolute Gasteiger partial charge is 0.103 e. The molecule has 0 saturated heterocycles. The molecule has 3 heteroatoms. The Labute approximate surface area is 94.2 Å². The predicted molar refractivity (Wildman–Crippen MR) is 64.0 cm³/mol. The summed E-state index contributed by atoms with van der Waals surface area (Å²) < 4.78 is 4.43. The monoisotopic (exact) mass is 218 g/mol. The van der Waals surface area contributed by atoms with Crippen molar-refractivity contribution in [3.63, 3.8) is 0 Å². The topological polar surface area (TPSA) is 25.8 Å². The van der Waals surface area contributed by atoms with Gasteiger partial charge in [-0.05, 0) is 35.1 Å². The molecule has 0 aliphatic rings. The SMILES string of the molecule is CC(C)(C)c1cc(-c2ccccn2)ns1. The second kappa shape index (κ2) is 3.74. The minimum atomic E-state index is 0.171. The molecule has 78 valence electrons. The van der Waals surface area contributed by atoms with Crippen molar-refractivity contribution in [1.29, 1.82) is 0 Å². The zero-order chi connectivity index (χ0) is 10.9. The van der Waals surface area contributed by atoms with Crippen molar-refractivity contribution < 1.29 is 0 Å². The third kappa shape index (κ3) is 2.23. The Hall–Kier alpha value is -1.22. The van der Waals surface area contributed by atoms with Gasteiger partial charge in [-0.2, -0.15) is 4.37 Å². The van der Waals surface area contributed by atoms with Gasteiger partial charge < -0.3 is 0 Å². The van der Waals surface area contributed by atoms with Gasteiger partial charge in [0.2, 0.25) is 0 Å². The highest BCUT2D eigenvalue weighted by atomic mass is 32.1. The van der Waals surface area contributed by atoms with Crippen molar-refractivity contribution in [2.75, 3.05) is 0 Å². The maximum absolute atomic E-state index is 4.43. The summed E-state index contributed by atoms with van der Waals surface area (Å²) in [5.41, 5.74) is 2.10. The van der Waals surface area contributed by atoms with Gasteiger partial charge in [-0.3, -0.25) is 4.98 Å². The molecule has 0 fully saturated rings. The van der Waals surface area contributed by atoms with Crippen LogP contribution in [0.5, 0.6) is 0 Å². The summed E-state index contributed by atoms with van der Waals surface area (Å²) in [6, 6.07) is 8.02. The molecule has 0 saturated carbocycles. The summed E-state index contributed by atoms with van der Waals surface area (Å²) in [4.78, 5) is 5.58. The van der Waals surface area contributed by atoms with E-state index in [-0.39, 0.29) is 5.41 Å². The van der Waals surface area contributed by atoms with Gasteiger partial charge in [0, 0.05) is 11.1 Å². The second-order valence-corrected chi connectivity index (χ2v) is 5.35. The summed E-state index contributed by atoms with van der Waals surface area (Å²) in [5.74, 6) is 0. The van der Waals surface area contributed by atoms with Crippen LogP contribution in [0.3, 0.4) is 0 Å². The molecular formula is C12H14N2S. The number of nitrogens with zero attached hydrogens (tertiary/aromatic N) is 2. The summed E-state index contributed by atoms with van der Waals surface area (Å²) in [6.45, 7) is 6.59. The van der Waals surface area contributed by atoms with Crippen LogP contribution in [0.4, 0.5) is 0 Å². The summed E-state index contributed by atoms with van der Waals surface area (Å²) in [7, 11) is 0. The first-order valence-corrected chi connectivity index (χ1v) is 5.73. The van der Waals surface area contributed by atoms with Crippen LogP contribution in [0.15, 0.2) is 30.5 Å². The average Bonchev–Trinajstić information content (AvgIpc) is 2.67. The number of hydrogen-bond acceptors (Lipinski definition) is 3. The van der Waals surface area contributed by atoms with Gasteiger partial charge in [0.15, 0.2) is 0 Å². The van der Waals surface area contributed by atoms with Crippen molar-refractivity contribution in [3.05, 3.63) is 35.3 Å². The van der Waals surface area contributed by atoms with Gasteiger partial charge in [-0.25, -0.2) is 0 Å². The molecule has 0 radical (unpaired) electrons. The maximum Gasteiger partial charge on any atom is 0.103 e. The molecule has 2 heterocycles. The Morgan fingerprint density at radius 3 is 2.47 bits per heavy atom. The zero-order valence-corrected chi connectivity index (χ0v) is 10.0. The summed E-state index contributed by atoms with van der Waals surface area (Å²) >= 11 is 1.56. The first kappa shape index (κ1) is 10.3. The van der Waals surface area contributed by atoms with E-state index in [4.69, 9.17) is 0 Å². The van der Waals surface area contributed by atoms with Crippen molar-refractivity contribution >= 4 is 11.5 Å². The zero-order valence-electron chi connectivity index (χ0n) is 9.19. The van der Waals surface area contributed by atoms with Crippen molar-refractivity contribution in [3.8, 4) is 11.4 Å². The minimum Gasteiger partial charge on any atom is -0.255 e. The first-order valence-electron chi connectivity index (χ1n) is 4.96.